The average Bonchev–Trinajstić information content (AvgIpc) is 1.96. The molecule has 1 aromatic carbocycles. The second-order valence-electron chi connectivity index (χ2n) is 1.08. The van der Waals surface area contributed by atoms with Gasteiger partial charge in [0.1, 0.15) is 0 Å². The van der Waals surface area contributed by atoms with Crippen LogP contribution in [-0.4, -0.2) is 0 Å². The molecule has 0 aliphatic heterocycles. The van der Waals surface area contributed by atoms with Crippen LogP contribution in [0.3, 0.4) is 0 Å². The van der Waals surface area contributed by atoms with Gasteiger partial charge in [0.15, 0.2) is 6.57 Å². The fraction of sp³-hybridized carbons (Fsp3) is 0. The van der Waals surface area contributed by atoms with E-state index in [1.807, 2.05) is 30.3 Å². The maximum Gasteiger partial charge on any atom is 0.181 e. The van der Waals surface area contributed by atoms with Gasteiger partial charge < -0.3 is 17.0 Å². The summed E-state index contributed by atoms with van der Waals surface area (Å²) in [5, 5.41) is 6.25. The van der Waals surface area contributed by atoms with Crippen molar-refractivity contribution in [2.24, 2.45) is 0 Å². The Hall–Kier alpha value is 0.333. The van der Waals surface area contributed by atoms with E-state index in [1.165, 1.54) is 0 Å². The zero-order valence-electron chi connectivity index (χ0n) is 5.72. The van der Waals surface area contributed by atoms with Crippen LogP contribution in [0.2, 0.25) is 0 Å². The quantitative estimate of drug-likeness (QED) is 0.540. The summed E-state index contributed by atoms with van der Waals surface area (Å²) in [4.78, 5) is 0. The zero-order valence-corrected chi connectivity index (χ0v) is 11.2. The maximum atomic E-state index is 6.25. The molecule has 0 spiro atoms. The van der Waals surface area contributed by atoms with Crippen LogP contribution < -0.4 is 17.0 Å². The Morgan fingerprint density at radius 1 is 1.00 bits per heavy atom. The van der Waals surface area contributed by atoms with Gasteiger partial charge in [0.2, 0.25) is 0 Å². The van der Waals surface area contributed by atoms with Crippen LogP contribution in [0, 0.1) is 17.9 Å². The number of hydrogen-bond donors (Lipinski definition) is 0. The van der Waals surface area contributed by atoms with Gasteiger partial charge in [-0.1, -0.05) is 30.3 Å². The van der Waals surface area contributed by atoms with E-state index in [0.717, 1.165) is 0 Å². The summed E-state index contributed by atoms with van der Waals surface area (Å²) in [5.74, 6) is 0. The number of hydrogen-bond acceptors (Lipinski definition) is 1. The molecule has 11 heavy (non-hydrogen) atoms. The number of benzene rings is 1. The smallest absolute Gasteiger partial charge is 0.181 e. The summed E-state index contributed by atoms with van der Waals surface area (Å²) in [6.07, 6.45) is 0. The Morgan fingerprint density at radius 2 is 1.36 bits per heavy atom. The Balaban J connectivity index is -0.0000000459. The van der Waals surface area contributed by atoms with E-state index >= 15 is 0 Å². The normalized spacial score (nSPS) is 4.55. The van der Waals surface area contributed by atoms with Crippen LogP contribution in [-0.2, 0) is 36.5 Å². The van der Waals surface area contributed by atoms with Gasteiger partial charge >= 0.3 is 0 Å². The fourth-order valence-corrected chi connectivity index (χ4v) is 0.342. The van der Waals surface area contributed by atoms with E-state index in [9.17, 15) is 0 Å². The summed E-state index contributed by atoms with van der Waals surface area (Å²) in [7, 11) is 0. The van der Waals surface area contributed by atoms with Gasteiger partial charge in [-0.3, -0.25) is 0 Å². The van der Waals surface area contributed by atoms with Crippen molar-refractivity contribution in [3.8, 4) is 0 Å². The van der Waals surface area contributed by atoms with Crippen molar-refractivity contribution in [2.75, 3.05) is 0 Å². The molecule has 0 saturated carbocycles. The van der Waals surface area contributed by atoms with Gasteiger partial charge in [-0.25, -0.2) is 0 Å². The van der Waals surface area contributed by atoms with Crippen molar-refractivity contribution < 1.29 is 53.5 Å². The Kier molecular flexibility index (Phi) is 45.9. The van der Waals surface area contributed by atoms with Crippen molar-refractivity contribution in [1.82, 2.24) is 0 Å². The summed E-state index contributed by atoms with van der Waals surface area (Å²) < 4.78 is 0. The number of nitrogens with zero attached hydrogens (tertiary/aromatic N) is 1. The minimum Gasteiger partial charge on any atom is -1.00 e. The molecule has 0 atom stereocenters. The SMILES string of the molecule is [Br-].[C]#N.[Cu].[Zn].[c]1ccccc1. The molecule has 0 aliphatic rings. The monoisotopic (exact) mass is 309 g/mol. The minimum absolute atomic E-state index is 0. The summed E-state index contributed by atoms with van der Waals surface area (Å²) in [6.45, 7) is 4.75. The topological polar surface area (TPSA) is 23.8 Å². The largest absolute Gasteiger partial charge is 1.00 e. The van der Waals surface area contributed by atoms with Gasteiger partial charge in [0.25, 0.3) is 0 Å². The Labute approximate surface area is 101 Å². The van der Waals surface area contributed by atoms with E-state index in [4.69, 9.17) is 11.8 Å². The van der Waals surface area contributed by atoms with Crippen LogP contribution in [0.1, 0.15) is 0 Å². The molecular formula is C7H5BrCuNZn-. The molecule has 0 amide bonds. The fourth-order valence-electron chi connectivity index (χ4n) is 0.342. The molecule has 0 saturated heterocycles. The first-order valence-corrected chi connectivity index (χ1v) is 2.13. The van der Waals surface area contributed by atoms with E-state index in [1.54, 1.807) is 0 Å². The molecule has 0 N–H and O–H groups in total. The first-order valence-electron chi connectivity index (χ1n) is 2.13. The van der Waals surface area contributed by atoms with Gasteiger partial charge in [-0.15, -0.1) is 0 Å². The van der Waals surface area contributed by atoms with Crippen LogP contribution in [0.5, 0.6) is 0 Å². The van der Waals surface area contributed by atoms with Crippen LogP contribution in [0.15, 0.2) is 30.3 Å². The summed E-state index contributed by atoms with van der Waals surface area (Å²) in [5.41, 5.74) is 0. The third-order valence-electron chi connectivity index (χ3n) is 0.607. The molecule has 0 aliphatic carbocycles. The van der Waals surface area contributed by atoms with Crippen molar-refractivity contribution in [3.05, 3.63) is 43.0 Å². The van der Waals surface area contributed by atoms with E-state index in [2.05, 4.69) is 6.07 Å². The van der Waals surface area contributed by atoms with E-state index < -0.39 is 0 Å². The summed E-state index contributed by atoms with van der Waals surface area (Å²) >= 11 is 0. The molecule has 0 aromatic heterocycles. The molecule has 1 aromatic rings. The van der Waals surface area contributed by atoms with Gasteiger partial charge in [-0.05, 0) is 6.07 Å². The molecule has 0 heterocycles. The molecule has 0 fully saturated rings. The van der Waals surface area contributed by atoms with Gasteiger partial charge in [0.05, 0.1) is 0 Å². The van der Waals surface area contributed by atoms with E-state index in [0.29, 0.717) is 0 Å². The van der Waals surface area contributed by atoms with Crippen LogP contribution >= 0.6 is 0 Å². The molecule has 1 nitrogen and oxygen atoms in total. The predicted molar refractivity (Wildman–Crippen MR) is 30.2 cm³/mol. The Bertz CT molecular complexity index is 119. The standard InChI is InChI=1S/C6H5.CN.BrH.Cu.Zn/c1-2-4-6-5-3-1;1-2;;;/h1-5H;;1H;;/p-1. The number of rotatable bonds is 0. The second kappa shape index (κ2) is 22.4. The predicted octanol–water partition coefficient (Wildman–Crippen LogP) is -1.42. The molecule has 59 valence electrons. The van der Waals surface area contributed by atoms with Gasteiger partial charge in [0, 0.05) is 36.5 Å². The van der Waals surface area contributed by atoms with Gasteiger partial charge in [-0.2, -0.15) is 5.26 Å². The second-order valence-corrected chi connectivity index (χ2v) is 1.08. The third kappa shape index (κ3) is 17.9. The van der Waals surface area contributed by atoms with Crippen molar-refractivity contribution in [1.29, 1.82) is 5.26 Å². The van der Waals surface area contributed by atoms with Crippen LogP contribution in [0.4, 0.5) is 0 Å². The Morgan fingerprint density at radius 3 is 1.45 bits per heavy atom. The minimum atomic E-state index is 0. The molecule has 3 radical (unpaired) electrons. The molecule has 4 heteroatoms. The molecule has 0 bridgehead atoms. The van der Waals surface area contributed by atoms with Crippen molar-refractivity contribution >= 4 is 0 Å². The third-order valence-corrected chi connectivity index (χ3v) is 0.607. The number of halogens is 1. The van der Waals surface area contributed by atoms with Crippen LogP contribution in [0.25, 0.3) is 0 Å². The van der Waals surface area contributed by atoms with E-state index in [-0.39, 0.29) is 53.5 Å². The van der Waals surface area contributed by atoms with Crippen molar-refractivity contribution in [2.45, 2.75) is 0 Å². The molecule has 0 unspecified atom stereocenters. The zero-order chi connectivity index (χ0) is 6.24. The molecular weight excluding hydrogens is 307 g/mol. The summed E-state index contributed by atoms with van der Waals surface area (Å²) in [6, 6.07) is 12.5. The average molecular weight is 312 g/mol. The first-order chi connectivity index (χ1) is 4.00. The van der Waals surface area contributed by atoms with Crippen molar-refractivity contribution in [3.63, 3.8) is 0 Å². The maximum absolute atomic E-state index is 6.25. The first kappa shape index (κ1) is 22.5. The molecule has 1 rings (SSSR count).